The third-order valence-electron chi connectivity index (χ3n) is 7.06. The topological polar surface area (TPSA) is 55.9 Å². The maximum Gasteiger partial charge on any atom is 0.322 e. The van der Waals surface area contributed by atoms with Crippen LogP contribution in [0.3, 0.4) is 0 Å². The highest BCUT2D eigenvalue weighted by molar-refractivity contribution is 7.10. The number of nitrogens with one attached hydrogen (secondary N) is 1. The Balaban J connectivity index is 1.23. The van der Waals surface area contributed by atoms with Crippen molar-refractivity contribution in [2.75, 3.05) is 38.0 Å². The Hall–Kier alpha value is -3.16. The quantitative estimate of drug-likeness (QED) is 0.576. The molecule has 182 valence electrons. The zero-order chi connectivity index (χ0) is 24.4. The van der Waals surface area contributed by atoms with Gasteiger partial charge in [0.05, 0.1) is 12.6 Å². The van der Waals surface area contributed by atoms with Crippen molar-refractivity contribution in [1.29, 1.82) is 0 Å². The monoisotopic (exact) mass is 488 g/mol. The van der Waals surface area contributed by atoms with Gasteiger partial charge >= 0.3 is 6.03 Å². The van der Waals surface area contributed by atoms with Gasteiger partial charge in [-0.1, -0.05) is 48.0 Å². The molecule has 1 aromatic heterocycles. The Bertz CT molecular complexity index is 1180. The smallest absolute Gasteiger partial charge is 0.322 e. The number of benzene rings is 2. The molecule has 0 bridgehead atoms. The molecule has 2 atom stereocenters. The van der Waals surface area contributed by atoms with Crippen LogP contribution < -0.4 is 5.32 Å². The first-order valence-electron chi connectivity index (χ1n) is 12.3. The van der Waals surface area contributed by atoms with Gasteiger partial charge in [-0.3, -0.25) is 9.69 Å². The highest BCUT2D eigenvalue weighted by atomic mass is 32.1. The zero-order valence-electron chi connectivity index (χ0n) is 20.3. The van der Waals surface area contributed by atoms with Crippen molar-refractivity contribution in [2.24, 2.45) is 0 Å². The Morgan fingerprint density at radius 3 is 2.51 bits per heavy atom. The van der Waals surface area contributed by atoms with Gasteiger partial charge in [-0.2, -0.15) is 0 Å². The second kappa shape index (κ2) is 10.2. The molecule has 0 spiro atoms. The molecule has 0 radical (unpaired) electrons. The number of carbonyl (C=O) groups is 2. The molecular formula is C28H32N4O2S. The van der Waals surface area contributed by atoms with Crippen molar-refractivity contribution in [1.82, 2.24) is 14.7 Å². The standard InChI is InChI=1S/C28H32N4O2S/c1-20-8-10-23(11-9-20)29-28(34)32-16-15-30(18-21(32)2)26(33)19-31-14-12-25-24(13-17-35-25)27(31)22-6-4-3-5-7-22/h3-11,13,17,21,27H,12,14-16,18-19H2,1-2H3,(H,29,34)/t21-,27+/m0/s1. The van der Waals surface area contributed by atoms with E-state index in [1.807, 2.05) is 65.3 Å². The number of urea groups is 1. The molecular weight excluding hydrogens is 456 g/mol. The van der Waals surface area contributed by atoms with Gasteiger partial charge < -0.3 is 15.1 Å². The fraction of sp³-hybridized carbons (Fsp3) is 0.357. The van der Waals surface area contributed by atoms with Crippen molar-refractivity contribution < 1.29 is 9.59 Å². The van der Waals surface area contributed by atoms with E-state index in [0.29, 0.717) is 26.2 Å². The number of piperazine rings is 1. The second-order valence-corrected chi connectivity index (χ2v) is 10.5. The highest BCUT2D eigenvalue weighted by Gasteiger charge is 2.34. The normalized spacial score (nSPS) is 20.4. The minimum atomic E-state index is -0.112. The van der Waals surface area contributed by atoms with Gasteiger partial charge in [0.1, 0.15) is 0 Å². The summed E-state index contributed by atoms with van der Waals surface area (Å²) in [4.78, 5) is 33.7. The van der Waals surface area contributed by atoms with E-state index in [1.54, 1.807) is 0 Å². The molecule has 1 N–H and O–H groups in total. The minimum Gasteiger partial charge on any atom is -0.338 e. The number of fused-ring (bicyclic) bond motifs is 1. The maximum atomic E-state index is 13.4. The van der Waals surface area contributed by atoms with E-state index in [4.69, 9.17) is 0 Å². The van der Waals surface area contributed by atoms with Gasteiger partial charge in [0.2, 0.25) is 5.91 Å². The first kappa shape index (κ1) is 23.6. The summed E-state index contributed by atoms with van der Waals surface area (Å²) in [6.07, 6.45) is 0.979. The molecule has 1 fully saturated rings. The Morgan fingerprint density at radius 1 is 1.00 bits per heavy atom. The van der Waals surface area contributed by atoms with Gasteiger partial charge in [0.25, 0.3) is 0 Å². The Morgan fingerprint density at radius 2 is 1.77 bits per heavy atom. The number of rotatable bonds is 4. The van der Waals surface area contributed by atoms with E-state index in [-0.39, 0.29) is 24.0 Å². The fourth-order valence-electron chi connectivity index (χ4n) is 5.16. The average molecular weight is 489 g/mol. The highest BCUT2D eigenvalue weighted by Crippen LogP contribution is 2.37. The summed E-state index contributed by atoms with van der Waals surface area (Å²) in [7, 11) is 0. The van der Waals surface area contributed by atoms with Crippen molar-refractivity contribution in [3.8, 4) is 0 Å². The lowest BCUT2D eigenvalue weighted by atomic mass is 9.93. The molecule has 6 nitrogen and oxygen atoms in total. The molecule has 2 aromatic carbocycles. The predicted molar refractivity (Wildman–Crippen MR) is 141 cm³/mol. The van der Waals surface area contributed by atoms with Crippen LogP contribution in [0.25, 0.3) is 0 Å². The van der Waals surface area contributed by atoms with E-state index in [2.05, 4.69) is 45.9 Å². The number of anilines is 1. The summed E-state index contributed by atoms with van der Waals surface area (Å²) in [6, 6.07) is 20.4. The van der Waals surface area contributed by atoms with E-state index in [0.717, 1.165) is 24.2 Å². The number of carbonyl (C=O) groups excluding carboxylic acids is 2. The van der Waals surface area contributed by atoms with Crippen molar-refractivity contribution in [2.45, 2.75) is 32.4 Å². The molecule has 5 rings (SSSR count). The first-order chi connectivity index (χ1) is 17.0. The lowest BCUT2D eigenvalue weighted by Gasteiger charge is -2.41. The molecule has 0 unspecified atom stereocenters. The van der Waals surface area contributed by atoms with Gasteiger partial charge in [-0.25, -0.2) is 4.79 Å². The zero-order valence-corrected chi connectivity index (χ0v) is 21.1. The number of aryl methyl sites for hydroxylation is 1. The van der Waals surface area contributed by atoms with Crippen LogP contribution in [0.5, 0.6) is 0 Å². The molecule has 7 heteroatoms. The van der Waals surface area contributed by atoms with E-state index >= 15 is 0 Å². The number of hydrogen-bond donors (Lipinski definition) is 1. The fourth-order valence-corrected chi connectivity index (χ4v) is 6.06. The molecule has 0 saturated carbocycles. The molecule has 1 saturated heterocycles. The number of hydrogen-bond acceptors (Lipinski definition) is 4. The average Bonchev–Trinajstić information content (AvgIpc) is 3.34. The van der Waals surface area contributed by atoms with E-state index in [1.165, 1.54) is 16.0 Å². The third-order valence-corrected chi connectivity index (χ3v) is 8.06. The van der Waals surface area contributed by atoms with Gasteiger partial charge in [0.15, 0.2) is 0 Å². The van der Waals surface area contributed by atoms with Crippen molar-refractivity contribution >= 4 is 29.0 Å². The summed E-state index contributed by atoms with van der Waals surface area (Å²) >= 11 is 1.81. The van der Waals surface area contributed by atoms with Crippen LogP contribution in [0, 0.1) is 6.92 Å². The van der Waals surface area contributed by atoms with Gasteiger partial charge in [-0.05, 0) is 55.0 Å². The van der Waals surface area contributed by atoms with Gasteiger partial charge in [0, 0.05) is 42.8 Å². The lowest BCUT2D eigenvalue weighted by molar-refractivity contribution is -0.135. The largest absolute Gasteiger partial charge is 0.338 e. The molecule has 35 heavy (non-hydrogen) atoms. The van der Waals surface area contributed by atoms with E-state index < -0.39 is 0 Å². The van der Waals surface area contributed by atoms with Crippen LogP contribution in [0.2, 0.25) is 0 Å². The van der Waals surface area contributed by atoms with Crippen LogP contribution in [-0.2, 0) is 11.2 Å². The molecule has 2 aliphatic rings. The number of nitrogens with zero attached hydrogens (tertiary/aromatic N) is 3. The molecule has 3 amide bonds. The minimum absolute atomic E-state index is 0.0482. The van der Waals surface area contributed by atoms with Crippen LogP contribution in [0.1, 0.15) is 34.5 Å². The van der Waals surface area contributed by atoms with Crippen LogP contribution in [0.4, 0.5) is 10.5 Å². The van der Waals surface area contributed by atoms with Crippen LogP contribution in [-0.4, -0.2) is 65.4 Å². The third kappa shape index (κ3) is 5.11. The summed E-state index contributed by atoms with van der Waals surface area (Å²) in [5.74, 6) is 0.134. The molecule has 3 aromatic rings. The summed E-state index contributed by atoms with van der Waals surface area (Å²) < 4.78 is 0. The molecule has 0 aliphatic carbocycles. The Labute approximate surface area is 211 Å². The van der Waals surface area contributed by atoms with Crippen LogP contribution in [0.15, 0.2) is 66.0 Å². The second-order valence-electron chi connectivity index (χ2n) is 9.51. The van der Waals surface area contributed by atoms with Crippen molar-refractivity contribution in [3.05, 3.63) is 87.6 Å². The van der Waals surface area contributed by atoms with Gasteiger partial charge in [-0.15, -0.1) is 11.3 Å². The molecule has 3 heterocycles. The summed E-state index contributed by atoms with van der Waals surface area (Å²) in [5.41, 5.74) is 4.50. The SMILES string of the molecule is Cc1ccc(NC(=O)N2CCN(C(=O)CN3CCc4sccc4[C@H]3c3ccccc3)C[C@@H]2C)cc1. The Kier molecular flexibility index (Phi) is 6.88. The number of thiophene rings is 1. The molecule has 2 aliphatic heterocycles. The predicted octanol–water partition coefficient (Wildman–Crippen LogP) is 4.77. The number of amides is 3. The maximum absolute atomic E-state index is 13.4. The summed E-state index contributed by atoms with van der Waals surface area (Å²) in [6.45, 7) is 6.92. The first-order valence-corrected chi connectivity index (χ1v) is 13.1. The van der Waals surface area contributed by atoms with Crippen LogP contribution >= 0.6 is 11.3 Å². The van der Waals surface area contributed by atoms with E-state index in [9.17, 15) is 9.59 Å². The lowest BCUT2D eigenvalue weighted by Crippen LogP contribution is -2.58. The van der Waals surface area contributed by atoms with Crippen molar-refractivity contribution in [3.63, 3.8) is 0 Å². The summed E-state index contributed by atoms with van der Waals surface area (Å²) in [5, 5.41) is 5.15.